The summed E-state index contributed by atoms with van der Waals surface area (Å²) in [4.78, 5) is 0. The standard InChI is InChI=1S/C20H38Cl4O7P2S/c1-7-17(21)11-26-32(25,27-12-18(22)8-2)30-15(5)16(6)31-33(34,28-13-19(23)9-3)29-14-20(24)10-4/h17-20H,7-14H2,1-6H3. The van der Waals surface area contributed by atoms with E-state index in [0.717, 1.165) is 0 Å². The Morgan fingerprint density at radius 1 is 0.647 bits per heavy atom. The van der Waals surface area contributed by atoms with E-state index in [1.54, 1.807) is 6.92 Å². The van der Waals surface area contributed by atoms with Crippen LogP contribution < -0.4 is 0 Å². The highest BCUT2D eigenvalue weighted by Crippen LogP contribution is 2.55. The van der Waals surface area contributed by atoms with Crippen LogP contribution in [0, 0.1) is 0 Å². The smallest absolute Gasteiger partial charge is 0.425 e. The fourth-order valence-corrected chi connectivity index (χ4v) is 5.85. The number of hydrogen-bond acceptors (Lipinski definition) is 8. The van der Waals surface area contributed by atoms with Crippen LogP contribution >= 0.6 is 60.9 Å². The van der Waals surface area contributed by atoms with Gasteiger partial charge in [-0.1, -0.05) is 27.7 Å². The number of rotatable bonds is 20. The topological polar surface area (TPSA) is 72.5 Å². The largest absolute Gasteiger partial charge is 0.529 e. The minimum Gasteiger partial charge on any atom is -0.425 e. The van der Waals surface area contributed by atoms with E-state index in [2.05, 4.69) is 0 Å². The normalized spacial score (nSPS) is 19.8. The third kappa shape index (κ3) is 15.5. The van der Waals surface area contributed by atoms with Crippen molar-refractivity contribution < 1.29 is 31.7 Å². The molecule has 204 valence electrons. The van der Waals surface area contributed by atoms with E-state index in [1.807, 2.05) is 27.7 Å². The van der Waals surface area contributed by atoms with Crippen LogP contribution in [0.3, 0.4) is 0 Å². The molecule has 0 aromatic heterocycles. The van der Waals surface area contributed by atoms with E-state index in [1.165, 1.54) is 6.92 Å². The highest BCUT2D eigenvalue weighted by molar-refractivity contribution is 8.07. The second-order valence-corrected chi connectivity index (χ2v) is 14.4. The number of halogens is 4. The number of phosphoric ester groups is 1. The van der Waals surface area contributed by atoms with Gasteiger partial charge in [0.05, 0.1) is 47.9 Å². The molecule has 0 N–H and O–H groups in total. The maximum absolute atomic E-state index is 13.3. The highest BCUT2D eigenvalue weighted by Gasteiger charge is 2.33. The van der Waals surface area contributed by atoms with Crippen LogP contribution in [-0.4, -0.2) is 47.9 Å². The summed E-state index contributed by atoms with van der Waals surface area (Å²) in [5.74, 6) is 0.308. The van der Waals surface area contributed by atoms with Crippen LogP contribution in [0.4, 0.5) is 0 Å². The first kappa shape index (κ1) is 35.2. The second-order valence-electron chi connectivity index (χ2n) is 7.39. The van der Waals surface area contributed by atoms with Crippen LogP contribution in [-0.2, 0) is 43.5 Å². The quantitative estimate of drug-likeness (QED) is 0.0755. The van der Waals surface area contributed by atoms with Crippen molar-refractivity contribution in [2.75, 3.05) is 26.4 Å². The lowest BCUT2D eigenvalue weighted by Gasteiger charge is -2.26. The summed E-state index contributed by atoms with van der Waals surface area (Å²) in [6.45, 7) is 7.63. The van der Waals surface area contributed by atoms with Crippen molar-refractivity contribution in [3.05, 3.63) is 11.5 Å². The summed E-state index contributed by atoms with van der Waals surface area (Å²) in [6.07, 6.45) is 2.58. The van der Waals surface area contributed by atoms with Gasteiger partial charge in [0.1, 0.15) is 11.5 Å². The van der Waals surface area contributed by atoms with E-state index < -0.39 is 14.5 Å². The molecule has 34 heavy (non-hydrogen) atoms. The summed E-state index contributed by atoms with van der Waals surface area (Å²) in [6, 6.07) is 0. The summed E-state index contributed by atoms with van der Waals surface area (Å²) >= 11 is 30.1. The maximum atomic E-state index is 13.3. The third-order valence-electron chi connectivity index (χ3n) is 4.42. The number of allylic oxidation sites excluding steroid dienone is 2. The molecule has 0 aliphatic rings. The van der Waals surface area contributed by atoms with Gasteiger partial charge in [-0.15, -0.1) is 46.4 Å². The van der Waals surface area contributed by atoms with Crippen LogP contribution in [0.2, 0.25) is 0 Å². The minimum atomic E-state index is -4.05. The van der Waals surface area contributed by atoms with Gasteiger partial charge in [-0.05, 0) is 39.5 Å². The zero-order chi connectivity index (χ0) is 26.4. The number of phosphoric acid groups is 1. The van der Waals surface area contributed by atoms with Gasteiger partial charge in [-0.3, -0.25) is 18.1 Å². The molecular weight excluding hydrogens is 588 g/mol. The predicted molar refractivity (Wildman–Crippen MR) is 146 cm³/mol. The van der Waals surface area contributed by atoms with E-state index >= 15 is 0 Å². The first-order valence-corrected chi connectivity index (χ1v) is 17.0. The van der Waals surface area contributed by atoms with Gasteiger partial charge in [0, 0.05) is 11.8 Å². The third-order valence-corrected chi connectivity index (χ3v) is 9.87. The van der Waals surface area contributed by atoms with Gasteiger partial charge < -0.3 is 9.05 Å². The summed E-state index contributed by atoms with van der Waals surface area (Å²) in [7, 11) is -4.05. The molecule has 0 bridgehead atoms. The van der Waals surface area contributed by atoms with E-state index in [-0.39, 0.29) is 59.5 Å². The molecule has 0 aromatic carbocycles. The van der Waals surface area contributed by atoms with Crippen LogP contribution in [0.15, 0.2) is 11.5 Å². The Bertz CT molecular complexity index is 610. The Labute approximate surface area is 230 Å². The monoisotopic (exact) mass is 624 g/mol. The Kier molecular flexibility index (Phi) is 19.1. The molecule has 0 aromatic rings. The Morgan fingerprint density at radius 2 is 0.941 bits per heavy atom. The lowest BCUT2D eigenvalue weighted by molar-refractivity contribution is 0.128. The van der Waals surface area contributed by atoms with Crippen molar-refractivity contribution in [3.8, 4) is 0 Å². The summed E-state index contributed by atoms with van der Waals surface area (Å²) in [5, 5.41) is -1.25. The fraction of sp³-hybridized carbons (Fsp3) is 0.900. The maximum Gasteiger partial charge on any atom is 0.529 e. The molecule has 14 heteroatoms. The summed E-state index contributed by atoms with van der Waals surface area (Å²) < 4.78 is 47.1. The molecular formula is C20H38Cl4O7P2S. The molecule has 0 amide bonds. The van der Waals surface area contributed by atoms with Gasteiger partial charge in [0.15, 0.2) is 0 Å². The Hall–Kier alpha value is 1.22. The highest BCUT2D eigenvalue weighted by atomic mass is 35.5. The zero-order valence-corrected chi connectivity index (χ0v) is 26.3. The van der Waals surface area contributed by atoms with Crippen LogP contribution in [0.1, 0.15) is 67.2 Å². The average molecular weight is 626 g/mol. The molecule has 7 nitrogen and oxygen atoms in total. The van der Waals surface area contributed by atoms with Gasteiger partial charge in [0.25, 0.3) is 0 Å². The second kappa shape index (κ2) is 18.5. The molecule has 4 unspecified atom stereocenters. The molecule has 0 fully saturated rings. The minimum absolute atomic E-state index is 0.0337. The molecule has 0 aliphatic carbocycles. The van der Waals surface area contributed by atoms with Gasteiger partial charge in [-0.2, -0.15) is 0 Å². The molecule has 4 atom stereocenters. The van der Waals surface area contributed by atoms with Crippen molar-refractivity contribution in [1.82, 2.24) is 0 Å². The average Bonchev–Trinajstić information content (AvgIpc) is 2.82. The summed E-state index contributed by atoms with van der Waals surface area (Å²) in [5.41, 5.74) is 0. The lowest BCUT2D eigenvalue weighted by Crippen LogP contribution is -2.14. The first-order chi connectivity index (χ1) is 15.8. The number of hydrogen-bond donors (Lipinski definition) is 0. The molecule has 0 spiro atoms. The molecule has 0 saturated heterocycles. The molecule has 0 heterocycles. The van der Waals surface area contributed by atoms with Crippen LogP contribution in [0.25, 0.3) is 0 Å². The predicted octanol–water partition coefficient (Wildman–Crippen LogP) is 8.74. The lowest BCUT2D eigenvalue weighted by atomic mass is 10.4. The van der Waals surface area contributed by atoms with Crippen molar-refractivity contribution >= 4 is 72.8 Å². The van der Waals surface area contributed by atoms with Crippen molar-refractivity contribution in [1.29, 1.82) is 0 Å². The number of alkyl halides is 4. The zero-order valence-electron chi connectivity index (χ0n) is 20.6. The first-order valence-electron chi connectivity index (χ1n) is 11.2. The molecule has 0 aliphatic heterocycles. The van der Waals surface area contributed by atoms with Crippen molar-refractivity contribution in [3.63, 3.8) is 0 Å². The van der Waals surface area contributed by atoms with Crippen molar-refractivity contribution in [2.45, 2.75) is 88.7 Å². The van der Waals surface area contributed by atoms with E-state index in [4.69, 9.17) is 85.4 Å². The van der Waals surface area contributed by atoms with Crippen LogP contribution in [0.5, 0.6) is 0 Å². The fourth-order valence-electron chi connectivity index (χ4n) is 1.80. The molecule has 0 saturated carbocycles. The van der Waals surface area contributed by atoms with Gasteiger partial charge in [0.2, 0.25) is 0 Å². The SMILES string of the molecule is CCC(Cl)COP(=O)(OCC(Cl)CC)OC(C)=C(C)OP(=S)(OCC(Cl)CC)OCC(Cl)CC. The molecule has 0 rings (SSSR count). The van der Waals surface area contributed by atoms with E-state index in [9.17, 15) is 4.57 Å². The molecule has 0 radical (unpaired) electrons. The van der Waals surface area contributed by atoms with Gasteiger partial charge in [-0.25, -0.2) is 4.57 Å². The Balaban J connectivity index is 5.60. The van der Waals surface area contributed by atoms with Crippen molar-refractivity contribution in [2.24, 2.45) is 0 Å². The van der Waals surface area contributed by atoms with Gasteiger partial charge >= 0.3 is 14.5 Å². The Morgan fingerprint density at radius 3 is 1.26 bits per heavy atom. The van der Waals surface area contributed by atoms with E-state index in [0.29, 0.717) is 25.7 Å².